The van der Waals surface area contributed by atoms with Gasteiger partial charge in [-0.25, -0.2) is 0 Å². The lowest BCUT2D eigenvalue weighted by Crippen LogP contribution is -2.26. The van der Waals surface area contributed by atoms with Gasteiger partial charge in [0, 0.05) is 6.08 Å². The van der Waals surface area contributed by atoms with Crippen molar-refractivity contribution in [3.63, 3.8) is 0 Å². The van der Waals surface area contributed by atoms with E-state index in [0.29, 0.717) is 11.5 Å². The highest BCUT2D eigenvalue weighted by atomic mass is 16.5. The van der Waals surface area contributed by atoms with Crippen molar-refractivity contribution in [3.8, 4) is 11.5 Å². The summed E-state index contributed by atoms with van der Waals surface area (Å²) >= 11 is 0. The van der Waals surface area contributed by atoms with E-state index in [-0.39, 0.29) is 11.9 Å². The van der Waals surface area contributed by atoms with E-state index in [1.807, 2.05) is 55.5 Å². The van der Waals surface area contributed by atoms with Gasteiger partial charge in [0.25, 0.3) is 0 Å². The molecule has 2 rings (SSSR count). The summed E-state index contributed by atoms with van der Waals surface area (Å²) in [5, 5.41) is 3.02. The van der Waals surface area contributed by atoms with Crippen molar-refractivity contribution >= 4 is 12.0 Å². The first-order chi connectivity index (χ1) is 11.7. The van der Waals surface area contributed by atoms with E-state index in [1.165, 1.54) is 0 Å². The van der Waals surface area contributed by atoms with Crippen molar-refractivity contribution in [2.24, 2.45) is 0 Å². The molecule has 4 nitrogen and oxygen atoms in total. The van der Waals surface area contributed by atoms with Crippen LogP contribution in [0.4, 0.5) is 0 Å². The van der Waals surface area contributed by atoms with Crippen LogP contribution in [0.1, 0.15) is 30.5 Å². The van der Waals surface area contributed by atoms with E-state index in [4.69, 9.17) is 9.47 Å². The average molecular weight is 325 g/mol. The van der Waals surface area contributed by atoms with Gasteiger partial charge in [0.1, 0.15) is 0 Å². The van der Waals surface area contributed by atoms with Crippen LogP contribution in [-0.2, 0) is 4.79 Å². The molecule has 0 bridgehead atoms. The monoisotopic (exact) mass is 325 g/mol. The van der Waals surface area contributed by atoms with Gasteiger partial charge < -0.3 is 14.8 Å². The van der Waals surface area contributed by atoms with Crippen LogP contribution in [0, 0.1) is 0 Å². The number of ether oxygens (including phenoxy) is 2. The lowest BCUT2D eigenvalue weighted by Gasteiger charge is -2.18. The van der Waals surface area contributed by atoms with Crippen LogP contribution in [0.2, 0.25) is 0 Å². The quantitative estimate of drug-likeness (QED) is 0.783. The molecule has 0 aliphatic carbocycles. The minimum absolute atomic E-state index is 0.0854. The molecule has 1 amide bonds. The zero-order chi connectivity index (χ0) is 17.4. The zero-order valence-corrected chi connectivity index (χ0v) is 14.3. The number of carbonyl (C=O) groups excluding carboxylic acids is 1. The molecule has 0 aromatic heterocycles. The summed E-state index contributed by atoms with van der Waals surface area (Å²) in [7, 11) is 3.20. The lowest BCUT2D eigenvalue weighted by atomic mass is 10.0. The first kappa shape index (κ1) is 17.6. The Kier molecular flexibility index (Phi) is 6.43. The molecule has 0 saturated heterocycles. The predicted molar refractivity (Wildman–Crippen MR) is 96.2 cm³/mol. The van der Waals surface area contributed by atoms with Gasteiger partial charge >= 0.3 is 0 Å². The summed E-state index contributed by atoms with van der Waals surface area (Å²) in [5.41, 5.74) is 1.98. The SMILES string of the molecule is CCC(NC(=O)/C=C/c1ccccc1)c1ccc(OC)c(OC)c1. The van der Waals surface area contributed by atoms with E-state index in [0.717, 1.165) is 17.5 Å². The molecule has 0 spiro atoms. The predicted octanol–water partition coefficient (Wildman–Crippen LogP) is 3.98. The van der Waals surface area contributed by atoms with Crippen molar-refractivity contribution in [1.82, 2.24) is 5.32 Å². The van der Waals surface area contributed by atoms with Gasteiger partial charge in [-0.05, 0) is 35.8 Å². The van der Waals surface area contributed by atoms with Crippen LogP contribution < -0.4 is 14.8 Å². The summed E-state index contributed by atoms with van der Waals surface area (Å²) in [5.74, 6) is 1.20. The molecule has 126 valence electrons. The largest absolute Gasteiger partial charge is 0.493 e. The van der Waals surface area contributed by atoms with E-state index in [1.54, 1.807) is 26.4 Å². The summed E-state index contributed by atoms with van der Waals surface area (Å²) in [6.45, 7) is 2.03. The fourth-order valence-electron chi connectivity index (χ4n) is 2.45. The van der Waals surface area contributed by atoms with E-state index in [2.05, 4.69) is 5.32 Å². The van der Waals surface area contributed by atoms with Gasteiger partial charge in [-0.3, -0.25) is 4.79 Å². The maximum atomic E-state index is 12.2. The van der Waals surface area contributed by atoms with Crippen LogP contribution in [0.5, 0.6) is 11.5 Å². The van der Waals surface area contributed by atoms with E-state index < -0.39 is 0 Å². The summed E-state index contributed by atoms with van der Waals surface area (Å²) in [6.07, 6.45) is 4.13. The molecule has 0 fully saturated rings. The Hall–Kier alpha value is -2.75. The molecule has 0 aliphatic rings. The molecule has 24 heavy (non-hydrogen) atoms. The summed E-state index contributed by atoms with van der Waals surface area (Å²) < 4.78 is 10.6. The van der Waals surface area contributed by atoms with Crippen LogP contribution in [0.3, 0.4) is 0 Å². The van der Waals surface area contributed by atoms with E-state index in [9.17, 15) is 4.79 Å². The normalized spacial score (nSPS) is 12.0. The molecule has 0 aliphatic heterocycles. The Morgan fingerprint density at radius 1 is 1.08 bits per heavy atom. The van der Waals surface area contributed by atoms with Crippen molar-refractivity contribution in [3.05, 3.63) is 65.7 Å². The first-order valence-corrected chi connectivity index (χ1v) is 7.93. The van der Waals surface area contributed by atoms with Gasteiger partial charge in [0.05, 0.1) is 20.3 Å². The second kappa shape index (κ2) is 8.77. The Bertz CT molecular complexity index is 695. The third-order valence-corrected chi connectivity index (χ3v) is 3.76. The average Bonchev–Trinajstić information content (AvgIpc) is 2.64. The molecule has 0 heterocycles. The molecule has 1 unspecified atom stereocenters. The fraction of sp³-hybridized carbons (Fsp3) is 0.250. The second-order valence-corrected chi connectivity index (χ2v) is 5.33. The molecule has 4 heteroatoms. The highest BCUT2D eigenvalue weighted by Gasteiger charge is 2.14. The Morgan fingerprint density at radius 2 is 1.79 bits per heavy atom. The van der Waals surface area contributed by atoms with Gasteiger partial charge in [-0.15, -0.1) is 0 Å². The highest BCUT2D eigenvalue weighted by molar-refractivity contribution is 5.92. The molecular formula is C20H23NO3. The van der Waals surface area contributed by atoms with Crippen molar-refractivity contribution in [1.29, 1.82) is 0 Å². The fourth-order valence-corrected chi connectivity index (χ4v) is 2.45. The maximum Gasteiger partial charge on any atom is 0.244 e. The van der Waals surface area contributed by atoms with Gasteiger partial charge in [0.15, 0.2) is 11.5 Å². The number of nitrogens with one attached hydrogen (secondary N) is 1. The number of hydrogen-bond donors (Lipinski definition) is 1. The Balaban J connectivity index is 2.08. The number of methoxy groups -OCH3 is 2. The van der Waals surface area contributed by atoms with Crippen LogP contribution in [0.25, 0.3) is 6.08 Å². The van der Waals surface area contributed by atoms with Crippen LogP contribution in [0.15, 0.2) is 54.6 Å². The van der Waals surface area contributed by atoms with Crippen LogP contribution in [-0.4, -0.2) is 20.1 Å². The lowest BCUT2D eigenvalue weighted by molar-refractivity contribution is -0.117. The summed E-state index contributed by atoms with van der Waals surface area (Å²) in [4.78, 5) is 12.2. The minimum Gasteiger partial charge on any atom is -0.493 e. The zero-order valence-electron chi connectivity index (χ0n) is 14.3. The van der Waals surface area contributed by atoms with E-state index >= 15 is 0 Å². The summed E-state index contributed by atoms with van der Waals surface area (Å²) in [6, 6.07) is 15.3. The standard InChI is InChI=1S/C20H23NO3/c1-4-17(16-11-12-18(23-2)19(14-16)24-3)21-20(22)13-10-15-8-6-5-7-9-15/h5-14,17H,4H2,1-3H3,(H,21,22)/b13-10+. The van der Waals surface area contributed by atoms with Crippen molar-refractivity contribution in [2.75, 3.05) is 14.2 Å². The maximum absolute atomic E-state index is 12.2. The molecule has 1 atom stereocenters. The van der Waals surface area contributed by atoms with Gasteiger partial charge in [0.2, 0.25) is 5.91 Å². The van der Waals surface area contributed by atoms with Gasteiger partial charge in [-0.2, -0.15) is 0 Å². The molecule has 2 aromatic rings. The third-order valence-electron chi connectivity index (χ3n) is 3.76. The molecule has 0 radical (unpaired) electrons. The first-order valence-electron chi connectivity index (χ1n) is 7.93. The number of benzene rings is 2. The number of hydrogen-bond acceptors (Lipinski definition) is 3. The Labute approximate surface area is 143 Å². The Morgan fingerprint density at radius 3 is 2.42 bits per heavy atom. The topological polar surface area (TPSA) is 47.6 Å². The minimum atomic E-state index is -0.125. The van der Waals surface area contributed by atoms with Crippen LogP contribution >= 0.6 is 0 Å². The number of carbonyl (C=O) groups is 1. The number of amides is 1. The van der Waals surface area contributed by atoms with Crippen molar-refractivity contribution < 1.29 is 14.3 Å². The second-order valence-electron chi connectivity index (χ2n) is 5.33. The van der Waals surface area contributed by atoms with Crippen molar-refractivity contribution in [2.45, 2.75) is 19.4 Å². The molecule has 0 saturated carbocycles. The smallest absolute Gasteiger partial charge is 0.244 e. The molecule has 2 aromatic carbocycles. The molecule has 1 N–H and O–H groups in total. The van der Waals surface area contributed by atoms with Gasteiger partial charge in [-0.1, -0.05) is 43.3 Å². The number of rotatable bonds is 7. The molecular weight excluding hydrogens is 302 g/mol. The third kappa shape index (κ3) is 4.62. The highest BCUT2D eigenvalue weighted by Crippen LogP contribution is 2.30.